The zero-order chi connectivity index (χ0) is 13.8. The number of nitrogens with zero attached hydrogens (tertiary/aromatic N) is 1. The summed E-state index contributed by atoms with van der Waals surface area (Å²) in [4.78, 5) is 2.46. The maximum absolute atomic E-state index is 6.14. The van der Waals surface area contributed by atoms with Crippen molar-refractivity contribution < 1.29 is 4.74 Å². The molecular formula is C16H26N2O. The van der Waals surface area contributed by atoms with Crippen molar-refractivity contribution in [3.63, 3.8) is 0 Å². The van der Waals surface area contributed by atoms with Gasteiger partial charge in [0, 0.05) is 24.3 Å². The number of ether oxygens (including phenoxy) is 1. The molecule has 3 nitrogen and oxygen atoms in total. The second-order valence-corrected chi connectivity index (χ2v) is 5.59. The Bertz CT molecular complexity index is 390. The van der Waals surface area contributed by atoms with Crippen LogP contribution in [0.15, 0.2) is 24.3 Å². The van der Waals surface area contributed by atoms with Gasteiger partial charge >= 0.3 is 0 Å². The smallest absolute Gasteiger partial charge is 0.119 e. The molecule has 2 N–H and O–H groups in total. The molecule has 1 aliphatic rings. The summed E-state index contributed by atoms with van der Waals surface area (Å²) in [6, 6.07) is 9.27. The van der Waals surface area contributed by atoms with Crippen LogP contribution in [0.4, 0.5) is 5.69 Å². The van der Waals surface area contributed by atoms with Crippen LogP contribution in [0.3, 0.4) is 0 Å². The van der Waals surface area contributed by atoms with E-state index in [0.717, 1.165) is 31.7 Å². The Kier molecular flexibility index (Phi) is 4.70. The summed E-state index contributed by atoms with van der Waals surface area (Å²) in [5.74, 6) is 1.49. The second-order valence-electron chi connectivity index (χ2n) is 5.59. The minimum absolute atomic E-state index is 0.332. The highest BCUT2D eigenvalue weighted by atomic mass is 16.5. The minimum Gasteiger partial charge on any atom is -0.494 e. The molecule has 1 aromatic carbocycles. The number of rotatable bonds is 4. The Morgan fingerprint density at radius 1 is 1.26 bits per heavy atom. The lowest BCUT2D eigenvalue weighted by Gasteiger charge is -2.42. The Balaban J connectivity index is 2.05. The van der Waals surface area contributed by atoms with Gasteiger partial charge < -0.3 is 15.4 Å². The second kappa shape index (κ2) is 6.29. The van der Waals surface area contributed by atoms with Crippen LogP contribution >= 0.6 is 0 Å². The van der Waals surface area contributed by atoms with Crippen molar-refractivity contribution in [2.24, 2.45) is 11.7 Å². The predicted octanol–water partition coefficient (Wildman–Crippen LogP) is 3.04. The monoisotopic (exact) mass is 262 g/mol. The van der Waals surface area contributed by atoms with Gasteiger partial charge in [0.15, 0.2) is 0 Å². The highest BCUT2D eigenvalue weighted by molar-refractivity contribution is 5.50. The van der Waals surface area contributed by atoms with Gasteiger partial charge in [0.05, 0.1) is 6.61 Å². The van der Waals surface area contributed by atoms with Crippen LogP contribution in [0, 0.1) is 5.92 Å². The first-order valence-electron chi connectivity index (χ1n) is 7.38. The Labute approximate surface area is 116 Å². The number of nitrogens with two attached hydrogens (primary N) is 1. The quantitative estimate of drug-likeness (QED) is 0.906. The third-order valence-electron chi connectivity index (χ3n) is 4.27. The molecule has 1 heterocycles. The van der Waals surface area contributed by atoms with E-state index in [1.54, 1.807) is 0 Å². The molecule has 0 bridgehead atoms. The third kappa shape index (κ3) is 3.21. The van der Waals surface area contributed by atoms with E-state index in [9.17, 15) is 0 Å². The van der Waals surface area contributed by atoms with Gasteiger partial charge in [-0.05, 0) is 49.9 Å². The zero-order valence-electron chi connectivity index (χ0n) is 12.3. The summed E-state index contributed by atoms with van der Waals surface area (Å²) in [6.45, 7) is 8.47. The average Bonchev–Trinajstić information content (AvgIpc) is 2.44. The molecule has 1 aromatic rings. The lowest BCUT2D eigenvalue weighted by atomic mass is 9.87. The lowest BCUT2D eigenvalue weighted by Crippen LogP contribution is -2.51. The van der Waals surface area contributed by atoms with E-state index < -0.39 is 0 Å². The first-order chi connectivity index (χ1) is 9.13. The van der Waals surface area contributed by atoms with Gasteiger partial charge in [-0.2, -0.15) is 0 Å². The maximum Gasteiger partial charge on any atom is 0.119 e. The highest BCUT2D eigenvalue weighted by Gasteiger charge is 2.30. The molecule has 1 aliphatic heterocycles. The van der Waals surface area contributed by atoms with Gasteiger partial charge in [-0.15, -0.1) is 0 Å². The molecule has 1 saturated heterocycles. The minimum atomic E-state index is 0.332. The Morgan fingerprint density at radius 3 is 2.58 bits per heavy atom. The van der Waals surface area contributed by atoms with E-state index in [2.05, 4.69) is 49.9 Å². The highest BCUT2D eigenvalue weighted by Crippen LogP contribution is 2.29. The van der Waals surface area contributed by atoms with Crippen molar-refractivity contribution in [2.75, 3.05) is 18.1 Å². The molecule has 0 aromatic heterocycles. The van der Waals surface area contributed by atoms with E-state index >= 15 is 0 Å². The summed E-state index contributed by atoms with van der Waals surface area (Å²) < 4.78 is 5.62. The van der Waals surface area contributed by atoms with Crippen LogP contribution in [0.2, 0.25) is 0 Å². The standard InChI is InChI=1S/C16H26N2O/c1-4-11-19-15-7-5-14(6-8-15)18-10-9-16(17)12(2)13(18)3/h5-8,12-13,16H,4,9-11,17H2,1-3H3. The van der Waals surface area contributed by atoms with Gasteiger partial charge in [-0.1, -0.05) is 13.8 Å². The number of hydrogen-bond acceptors (Lipinski definition) is 3. The van der Waals surface area contributed by atoms with Gasteiger partial charge in [0.1, 0.15) is 5.75 Å². The molecule has 0 amide bonds. The molecule has 0 radical (unpaired) electrons. The molecule has 19 heavy (non-hydrogen) atoms. The molecular weight excluding hydrogens is 236 g/mol. The van der Waals surface area contributed by atoms with Crippen molar-refractivity contribution in [2.45, 2.75) is 45.7 Å². The van der Waals surface area contributed by atoms with Gasteiger partial charge in [0.25, 0.3) is 0 Å². The largest absolute Gasteiger partial charge is 0.494 e. The number of hydrogen-bond donors (Lipinski definition) is 1. The molecule has 3 atom stereocenters. The molecule has 3 heteroatoms. The molecule has 0 aliphatic carbocycles. The SMILES string of the molecule is CCCOc1ccc(N2CCC(N)C(C)C2C)cc1. The Hall–Kier alpha value is -1.22. The van der Waals surface area contributed by atoms with Crippen LogP contribution in [0.5, 0.6) is 5.75 Å². The zero-order valence-corrected chi connectivity index (χ0v) is 12.3. The first-order valence-corrected chi connectivity index (χ1v) is 7.38. The first kappa shape index (κ1) is 14.2. The van der Waals surface area contributed by atoms with Crippen molar-refractivity contribution in [3.8, 4) is 5.75 Å². The fourth-order valence-corrected chi connectivity index (χ4v) is 2.71. The summed E-state index contributed by atoms with van der Waals surface area (Å²) in [6.07, 6.45) is 2.11. The van der Waals surface area contributed by atoms with Crippen LogP contribution in [0.1, 0.15) is 33.6 Å². The predicted molar refractivity (Wildman–Crippen MR) is 80.8 cm³/mol. The van der Waals surface area contributed by atoms with E-state index in [1.807, 2.05) is 0 Å². The third-order valence-corrected chi connectivity index (χ3v) is 4.27. The van der Waals surface area contributed by atoms with E-state index in [1.165, 1.54) is 5.69 Å². The van der Waals surface area contributed by atoms with Gasteiger partial charge in [-0.3, -0.25) is 0 Å². The molecule has 0 spiro atoms. The van der Waals surface area contributed by atoms with E-state index in [-0.39, 0.29) is 0 Å². The lowest BCUT2D eigenvalue weighted by molar-refractivity contribution is 0.313. The molecule has 106 valence electrons. The Morgan fingerprint density at radius 2 is 1.95 bits per heavy atom. The summed E-state index contributed by atoms with van der Waals surface area (Å²) >= 11 is 0. The number of benzene rings is 1. The van der Waals surface area contributed by atoms with E-state index in [4.69, 9.17) is 10.5 Å². The molecule has 0 saturated carbocycles. The van der Waals surface area contributed by atoms with Gasteiger partial charge in [-0.25, -0.2) is 0 Å². The average molecular weight is 262 g/mol. The molecule has 2 rings (SSSR count). The number of anilines is 1. The van der Waals surface area contributed by atoms with Crippen LogP contribution in [-0.2, 0) is 0 Å². The van der Waals surface area contributed by atoms with Crippen LogP contribution < -0.4 is 15.4 Å². The fourth-order valence-electron chi connectivity index (χ4n) is 2.71. The van der Waals surface area contributed by atoms with Gasteiger partial charge in [0.2, 0.25) is 0 Å². The summed E-state index contributed by atoms with van der Waals surface area (Å²) in [5, 5.41) is 0. The molecule has 1 fully saturated rings. The fraction of sp³-hybridized carbons (Fsp3) is 0.625. The van der Waals surface area contributed by atoms with E-state index in [0.29, 0.717) is 18.0 Å². The topological polar surface area (TPSA) is 38.5 Å². The number of piperidine rings is 1. The molecule has 3 unspecified atom stereocenters. The summed E-state index contributed by atoms with van der Waals surface area (Å²) in [7, 11) is 0. The van der Waals surface area contributed by atoms with Crippen molar-refractivity contribution in [3.05, 3.63) is 24.3 Å². The maximum atomic E-state index is 6.14. The van der Waals surface area contributed by atoms with Crippen molar-refractivity contribution in [1.29, 1.82) is 0 Å². The van der Waals surface area contributed by atoms with Crippen molar-refractivity contribution in [1.82, 2.24) is 0 Å². The van der Waals surface area contributed by atoms with Crippen LogP contribution in [0.25, 0.3) is 0 Å². The summed E-state index contributed by atoms with van der Waals surface area (Å²) in [5.41, 5.74) is 7.41. The normalized spacial score (nSPS) is 27.4. The van der Waals surface area contributed by atoms with Crippen LogP contribution in [-0.4, -0.2) is 25.2 Å². The van der Waals surface area contributed by atoms with Crippen molar-refractivity contribution >= 4 is 5.69 Å².